The highest BCUT2D eigenvalue weighted by molar-refractivity contribution is 4.95. The molecule has 2 N–H and O–H groups in total. The Morgan fingerprint density at radius 1 is 1.25 bits per heavy atom. The summed E-state index contributed by atoms with van der Waals surface area (Å²) in [5.41, 5.74) is 5.68. The van der Waals surface area contributed by atoms with E-state index >= 15 is 0 Å². The van der Waals surface area contributed by atoms with Crippen LogP contribution in [0.25, 0.3) is 0 Å². The molecule has 1 rings (SSSR count). The second-order valence-corrected chi connectivity index (χ2v) is 4.01. The topological polar surface area (TPSA) is 44.5 Å². The molecule has 3 unspecified atom stereocenters. The molecule has 0 aromatic heterocycles. The van der Waals surface area contributed by atoms with Crippen LogP contribution in [-0.4, -0.2) is 37.6 Å². The number of hydrogen-bond acceptors (Lipinski definition) is 3. The fourth-order valence-corrected chi connectivity index (χ4v) is 1.59. The van der Waals surface area contributed by atoms with Gasteiger partial charge in [-0.3, -0.25) is 0 Å². The first kappa shape index (κ1) is 13.7. The molecule has 1 fully saturated rings. The predicted molar refractivity (Wildman–Crippen MR) is 53.0 cm³/mol. The first-order valence-corrected chi connectivity index (χ1v) is 5.49. The van der Waals surface area contributed by atoms with Crippen molar-refractivity contribution in [3.63, 3.8) is 0 Å². The fourth-order valence-electron chi connectivity index (χ4n) is 1.59. The summed E-state index contributed by atoms with van der Waals surface area (Å²) < 4.78 is 46.1. The molecule has 0 radical (unpaired) electrons. The second kappa shape index (κ2) is 5.84. The standard InChI is InChI=1S/C10H18F3NO2/c1-2-4-16-9-7(14)6-8(9)15-5-3-10(11,12)13/h7-9H,2-6,14H2,1H3. The van der Waals surface area contributed by atoms with Crippen molar-refractivity contribution in [2.75, 3.05) is 13.2 Å². The van der Waals surface area contributed by atoms with Gasteiger partial charge in [-0.05, 0) is 12.8 Å². The van der Waals surface area contributed by atoms with Gasteiger partial charge in [-0.2, -0.15) is 13.2 Å². The third-order valence-electron chi connectivity index (χ3n) is 2.52. The normalized spacial score (nSPS) is 30.2. The van der Waals surface area contributed by atoms with Crippen molar-refractivity contribution >= 4 is 0 Å². The second-order valence-electron chi connectivity index (χ2n) is 4.01. The summed E-state index contributed by atoms with van der Waals surface area (Å²) in [5.74, 6) is 0. The van der Waals surface area contributed by atoms with Gasteiger partial charge < -0.3 is 15.2 Å². The van der Waals surface area contributed by atoms with Crippen LogP contribution in [0.4, 0.5) is 13.2 Å². The molecule has 1 aliphatic rings. The molecule has 96 valence electrons. The van der Waals surface area contributed by atoms with Crippen molar-refractivity contribution in [1.82, 2.24) is 0 Å². The molecule has 0 aromatic rings. The monoisotopic (exact) mass is 241 g/mol. The van der Waals surface area contributed by atoms with Crippen LogP contribution in [0.1, 0.15) is 26.2 Å². The maximum atomic E-state index is 11.9. The summed E-state index contributed by atoms with van der Waals surface area (Å²) in [6.45, 7) is 2.22. The maximum Gasteiger partial charge on any atom is 0.391 e. The van der Waals surface area contributed by atoms with E-state index in [0.29, 0.717) is 13.0 Å². The van der Waals surface area contributed by atoms with Crippen LogP contribution >= 0.6 is 0 Å². The minimum Gasteiger partial charge on any atom is -0.375 e. The largest absolute Gasteiger partial charge is 0.391 e. The Balaban J connectivity index is 2.17. The third kappa shape index (κ3) is 4.27. The summed E-state index contributed by atoms with van der Waals surface area (Å²) in [5, 5.41) is 0. The Labute approximate surface area is 93.1 Å². The minimum atomic E-state index is -4.16. The van der Waals surface area contributed by atoms with Gasteiger partial charge in [0, 0.05) is 12.6 Å². The van der Waals surface area contributed by atoms with Crippen LogP contribution in [0.3, 0.4) is 0 Å². The van der Waals surface area contributed by atoms with Crippen LogP contribution in [0, 0.1) is 0 Å². The van der Waals surface area contributed by atoms with Crippen molar-refractivity contribution in [3.05, 3.63) is 0 Å². The fraction of sp³-hybridized carbons (Fsp3) is 1.00. The van der Waals surface area contributed by atoms with E-state index in [0.717, 1.165) is 6.42 Å². The first-order valence-electron chi connectivity index (χ1n) is 5.49. The molecule has 0 amide bonds. The van der Waals surface area contributed by atoms with Crippen LogP contribution in [0.5, 0.6) is 0 Å². The van der Waals surface area contributed by atoms with Gasteiger partial charge in [-0.15, -0.1) is 0 Å². The summed E-state index contributed by atoms with van der Waals surface area (Å²) in [7, 11) is 0. The van der Waals surface area contributed by atoms with Gasteiger partial charge in [0.15, 0.2) is 0 Å². The van der Waals surface area contributed by atoms with Gasteiger partial charge in [-0.25, -0.2) is 0 Å². The summed E-state index contributed by atoms with van der Waals surface area (Å²) in [6.07, 6.45) is -4.16. The molecule has 0 aromatic carbocycles. The molecule has 3 atom stereocenters. The number of alkyl halides is 3. The van der Waals surface area contributed by atoms with E-state index < -0.39 is 12.6 Å². The molecule has 1 aliphatic carbocycles. The summed E-state index contributed by atoms with van der Waals surface area (Å²) in [4.78, 5) is 0. The molecule has 0 aliphatic heterocycles. The first-order chi connectivity index (χ1) is 7.44. The number of ether oxygens (including phenoxy) is 2. The Hall–Kier alpha value is -0.330. The quantitative estimate of drug-likeness (QED) is 0.771. The minimum absolute atomic E-state index is 0.109. The number of hydrogen-bond donors (Lipinski definition) is 1. The number of halogens is 3. The lowest BCUT2D eigenvalue weighted by molar-refractivity contribution is -0.175. The van der Waals surface area contributed by atoms with Crippen molar-refractivity contribution in [3.8, 4) is 0 Å². The van der Waals surface area contributed by atoms with Gasteiger partial charge in [0.05, 0.1) is 25.2 Å². The smallest absolute Gasteiger partial charge is 0.375 e. The van der Waals surface area contributed by atoms with Gasteiger partial charge >= 0.3 is 6.18 Å². The molecule has 16 heavy (non-hydrogen) atoms. The molecule has 0 saturated heterocycles. The molecule has 3 nitrogen and oxygen atoms in total. The zero-order valence-electron chi connectivity index (χ0n) is 9.30. The molecule has 6 heteroatoms. The van der Waals surface area contributed by atoms with Gasteiger partial charge in [0.2, 0.25) is 0 Å². The van der Waals surface area contributed by atoms with Gasteiger partial charge in [0.25, 0.3) is 0 Å². The molecular weight excluding hydrogens is 223 g/mol. The van der Waals surface area contributed by atoms with E-state index in [1.807, 2.05) is 6.92 Å². The van der Waals surface area contributed by atoms with Crippen LogP contribution in [0.2, 0.25) is 0 Å². The Kier molecular flexibility index (Phi) is 5.01. The lowest BCUT2D eigenvalue weighted by Crippen LogP contribution is -2.58. The SMILES string of the molecule is CCCOC1C(N)CC1OCCC(F)(F)F. The average Bonchev–Trinajstić information content (AvgIpc) is 2.15. The van der Waals surface area contributed by atoms with Crippen LogP contribution < -0.4 is 5.73 Å². The van der Waals surface area contributed by atoms with E-state index in [2.05, 4.69) is 0 Å². The Morgan fingerprint density at radius 3 is 2.44 bits per heavy atom. The zero-order valence-corrected chi connectivity index (χ0v) is 9.30. The highest BCUT2D eigenvalue weighted by Crippen LogP contribution is 2.27. The Bertz CT molecular complexity index is 211. The highest BCUT2D eigenvalue weighted by Gasteiger charge is 2.41. The van der Waals surface area contributed by atoms with Crippen molar-refractivity contribution in [2.45, 2.75) is 50.6 Å². The zero-order chi connectivity index (χ0) is 12.2. The molecular formula is C10H18F3NO2. The average molecular weight is 241 g/mol. The van der Waals surface area contributed by atoms with Gasteiger partial charge in [0.1, 0.15) is 0 Å². The molecule has 0 heterocycles. The molecule has 0 spiro atoms. The van der Waals surface area contributed by atoms with E-state index in [-0.39, 0.29) is 24.9 Å². The lowest BCUT2D eigenvalue weighted by Gasteiger charge is -2.41. The van der Waals surface area contributed by atoms with E-state index in [1.54, 1.807) is 0 Å². The van der Waals surface area contributed by atoms with E-state index in [1.165, 1.54) is 0 Å². The summed E-state index contributed by atoms with van der Waals surface area (Å²) >= 11 is 0. The number of rotatable bonds is 6. The maximum absolute atomic E-state index is 11.9. The van der Waals surface area contributed by atoms with Gasteiger partial charge in [-0.1, -0.05) is 6.92 Å². The lowest BCUT2D eigenvalue weighted by atomic mass is 9.86. The third-order valence-corrected chi connectivity index (χ3v) is 2.52. The van der Waals surface area contributed by atoms with Crippen LogP contribution in [-0.2, 0) is 9.47 Å². The van der Waals surface area contributed by atoms with Crippen LogP contribution in [0.15, 0.2) is 0 Å². The predicted octanol–water partition coefficient (Wildman–Crippen LogP) is 1.85. The highest BCUT2D eigenvalue weighted by atomic mass is 19.4. The molecule has 0 bridgehead atoms. The number of nitrogens with two attached hydrogens (primary N) is 1. The van der Waals surface area contributed by atoms with Crippen molar-refractivity contribution < 1.29 is 22.6 Å². The summed E-state index contributed by atoms with van der Waals surface area (Å²) in [6, 6.07) is -0.109. The van der Waals surface area contributed by atoms with E-state index in [4.69, 9.17) is 15.2 Å². The van der Waals surface area contributed by atoms with Crippen molar-refractivity contribution in [2.24, 2.45) is 5.73 Å². The van der Waals surface area contributed by atoms with Crippen molar-refractivity contribution in [1.29, 1.82) is 0 Å². The Morgan fingerprint density at radius 2 is 1.94 bits per heavy atom. The molecule has 1 saturated carbocycles. The van der Waals surface area contributed by atoms with E-state index in [9.17, 15) is 13.2 Å².